The van der Waals surface area contributed by atoms with Crippen LogP contribution in [0.25, 0.3) is 11.3 Å². The minimum atomic E-state index is -0.0528. The molecule has 1 aliphatic heterocycles. The highest BCUT2D eigenvalue weighted by atomic mass is 79.9. The number of aromatic nitrogens is 1. The van der Waals surface area contributed by atoms with Gasteiger partial charge in [0.1, 0.15) is 0 Å². The van der Waals surface area contributed by atoms with Crippen molar-refractivity contribution in [1.29, 1.82) is 5.26 Å². The zero-order valence-corrected chi connectivity index (χ0v) is 16.9. The number of halogens is 1. The van der Waals surface area contributed by atoms with Crippen LogP contribution in [0.15, 0.2) is 40.9 Å². The van der Waals surface area contributed by atoms with Crippen molar-refractivity contribution in [1.82, 2.24) is 9.88 Å². The highest BCUT2D eigenvalue weighted by molar-refractivity contribution is 9.10. The topological polar surface area (TPSA) is 66.2 Å². The predicted molar refractivity (Wildman–Crippen MR) is 107 cm³/mol. The first kappa shape index (κ1) is 19.5. The van der Waals surface area contributed by atoms with Gasteiger partial charge in [0, 0.05) is 35.8 Å². The summed E-state index contributed by atoms with van der Waals surface area (Å²) in [4.78, 5) is 19.7. The summed E-state index contributed by atoms with van der Waals surface area (Å²) >= 11 is 3.48. The molecule has 3 rings (SSSR count). The van der Waals surface area contributed by atoms with Crippen molar-refractivity contribution in [3.05, 3.63) is 52.1 Å². The normalized spacial score (nSPS) is 14.6. The molecule has 1 amide bonds. The molecule has 2 aromatic rings. The molecule has 0 saturated carbocycles. The van der Waals surface area contributed by atoms with Crippen molar-refractivity contribution in [2.75, 3.05) is 19.8 Å². The average molecular weight is 428 g/mol. The summed E-state index contributed by atoms with van der Waals surface area (Å²) in [5.41, 5.74) is 3.13. The smallest absolute Gasteiger partial charge is 0.255 e. The summed E-state index contributed by atoms with van der Waals surface area (Å²) in [5.74, 6) is -0.0528. The van der Waals surface area contributed by atoms with Gasteiger partial charge >= 0.3 is 0 Å². The molecule has 0 spiro atoms. The van der Waals surface area contributed by atoms with Gasteiger partial charge in [0.15, 0.2) is 0 Å². The van der Waals surface area contributed by atoms with Crippen LogP contribution in [0.1, 0.15) is 35.3 Å². The van der Waals surface area contributed by atoms with Crippen LogP contribution in [0.3, 0.4) is 0 Å². The van der Waals surface area contributed by atoms with E-state index >= 15 is 0 Å². The SMILES string of the molecule is Cc1nc(-c2cccc(Br)c2)ccc1C(=O)N(CCC#N)C1CCOCC1. The third kappa shape index (κ3) is 4.74. The molecular weight excluding hydrogens is 406 g/mol. The van der Waals surface area contributed by atoms with Crippen molar-refractivity contribution in [2.24, 2.45) is 0 Å². The summed E-state index contributed by atoms with van der Waals surface area (Å²) in [7, 11) is 0. The Balaban J connectivity index is 1.86. The van der Waals surface area contributed by atoms with E-state index < -0.39 is 0 Å². The van der Waals surface area contributed by atoms with E-state index in [1.165, 1.54) is 0 Å². The predicted octanol–water partition coefficient (Wildman–Crippen LogP) is 4.35. The fraction of sp³-hybridized carbons (Fsp3) is 0.381. The first-order chi connectivity index (χ1) is 13.1. The lowest BCUT2D eigenvalue weighted by atomic mass is 10.0. The molecule has 1 aromatic heterocycles. The minimum Gasteiger partial charge on any atom is -0.381 e. The lowest BCUT2D eigenvalue weighted by Gasteiger charge is -2.34. The average Bonchev–Trinajstić information content (AvgIpc) is 2.69. The maximum absolute atomic E-state index is 13.2. The van der Waals surface area contributed by atoms with E-state index in [0.29, 0.717) is 37.4 Å². The lowest BCUT2D eigenvalue weighted by molar-refractivity contribution is 0.0295. The molecule has 1 aromatic carbocycles. The van der Waals surface area contributed by atoms with Gasteiger partial charge in [-0.1, -0.05) is 28.1 Å². The van der Waals surface area contributed by atoms with Crippen molar-refractivity contribution in [3.63, 3.8) is 0 Å². The number of aryl methyl sites for hydroxylation is 1. The van der Waals surface area contributed by atoms with E-state index in [-0.39, 0.29) is 11.9 Å². The van der Waals surface area contributed by atoms with Gasteiger partial charge in [0.05, 0.1) is 29.4 Å². The fourth-order valence-electron chi connectivity index (χ4n) is 3.37. The monoisotopic (exact) mass is 427 g/mol. The van der Waals surface area contributed by atoms with Crippen LogP contribution in [-0.4, -0.2) is 41.6 Å². The molecule has 6 heteroatoms. The van der Waals surface area contributed by atoms with Gasteiger partial charge < -0.3 is 9.64 Å². The van der Waals surface area contributed by atoms with Gasteiger partial charge in [-0.05, 0) is 44.0 Å². The molecule has 1 aliphatic rings. The van der Waals surface area contributed by atoms with E-state index in [0.717, 1.165) is 28.6 Å². The van der Waals surface area contributed by atoms with Gasteiger partial charge in [0.25, 0.3) is 5.91 Å². The fourth-order valence-corrected chi connectivity index (χ4v) is 3.77. The molecule has 0 aliphatic carbocycles. The van der Waals surface area contributed by atoms with Crippen molar-refractivity contribution in [2.45, 2.75) is 32.2 Å². The maximum atomic E-state index is 13.2. The first-order valence-electron chi connectivity index (χ1n) is 9.09. The third-order valence-corrected chi connectivity index (χ3v) is 5.29. The van der Waals surface area contributed by atoms with Crippen LogP contribution in [0, 0.1) is 18.3 Å². The molecule has 2 heterocycles. The van der Waals surface area contributed by atoms with E-state index in [4.69, 9.17) is 10.00 Å². The maximum Gasteiger partial charge on any atom is 0.255 e. The number of nitriles is 1. The summed E-state index contributed by atoms with van der Waals surface area (Å²) in [5, 5.41) is 8.98. The van der Waals surface area contributed by atoms with Gasteiger partial charge in [-0.2, -0.15) is 5.26 Å². The Labute approximate surface area is 168 Å². The zero-order valence-electron chi connectivity index (χ0n) is 15.3. The molecular formula is C21H22BrN3O2. The number of carbonyl (C=O) groups is 1. The second-order valence-electron chi connectivity index (χ2n) is 6.59. The number of benzene rings is 1. The Bertz CT molecular complexity index is 857. The Morgan fingerprint density at radius 1 is 1.33 bits per heavy atom. The van der Waals surface area contributed by atoms with Crippen molar-refractivity contribution >= 4 is 21.8 Å². The summed E-state index contributed by atoms with van der Waals surface area (Å²) in [6.45, 7) is 3.61. The number of nitrogens with zero attached hydrogens (tertiary/aromatic N) is 3. The Hall–Kier alpha value is -2.23. The number of amides is 1. The first-order valence-corrected chi connectivity index (χ1v) is 9.88. The van der Waals surface area contributed by atoms with Crippen LogP contribution in [0.5, 0.6) is 0 Å². The molecule has 1 fully saturated rings. The Kier molecular flexibility index (Phi) is 6.59. The number of hydrogen-bond donors (Lipinski definition) is 0. The molecule has 5 nitrogen and oxygen atoms in total. The number of carbonyl (C=O) groups excluding carboxylic acids is 1. The summed E-state index contributed by atoms with van der Waals surface area (Å²) in [6.07, 6.45) is 1.94. The highest BCUT2D eigenvalue weighted by Crippen LogP contribution is 2.24. The standard InChI is InChI=1S/C21H22BrN3O2/c1-15-19(6-7-20(24-15)16-4-2-5-17(22)14-16)21(26)25(11-3-10-23)18-8-12-27-13-9-18/h2,4-7,14,18H,3,8-9,11-13H2,1H3. The minimum absolute atomic E-state index is 0.0528. The van der Waals surface area contributed by atoms with Gasteiger partial charge in [-0.3, -0.25) is 9.78 Å². The van der Waals surface area contributed by atoms with Crippen LogP contribution in [0.4, 0.5) is 0 Å². The molecule has 140 valence electrons. The van der Waals surface area contributed by atoms with Gasteiger partial charge in [-0.15, -0.1) is 0 Å². The molecule has 27 heavy (non-hydrogen) atoms. The van der Waals surface area contributed by atoms with Crippen LogP contribution >= 0.6 is 15.9 Å². The lowest BCUT2D eigenvalue weighted by Crippen LogP contribution is -2.44. The van der Waals surface area contributed by atoms with E-state index in [1.807, 2.05) is 48.2 Å². The highest BCUT2D eigenvalue weighted by Gasteiger charge is 2.27. The third-order valence-electron chi connectivity index (χ3n) is 4.79. The Morgan fingerprint density at radius 3 is 2.78 bits per heavy atom. The molecule has 0 atom stereocenters. The van der Waals surface area contributed by atoms with E-state index in [9.17, 15) is 4.79 Å². The molecule has 1 saturated heterocycles. The largest absolute Gasteiger partial charge is 0.381 e. The van der Waals surface area contributed by atoms with Crippen LogP contribution in [0.2, 0.25) is 0 Å². The van der Waals surface area contributed by atoms with E-state index in [1.54, 1.807) is 0 Å². The summed E-state index contributed by atoms with van der Waals surface area (Å²) < 4.78 is 6.41. The molecule has 0 unspecified atom stereocenters. The molecule has 0 N–H and O–H groups in total. The number of rotatable bonds is 5. The second kappa shape index (κ2) is 9.12. The molecule has 0 bridgehead atoms. The number of pyridine rings is 1. The van der Waals surface area contributed by atoms with Crippen molar-refractivity contribution in [3.8, 4) is 17.3 Å². The number of hydrogen-bond acceptors (Lipinski definition) is 4. The van der Waals surface area contributed by atoms with Crippen LogP contribution in [-0.2, 0) is 4.74 Å². The van der Waals surface area contributed by atoms with Gasteiger partial charge in [0.2, 0.25) is 0 Å². The molecule has 0 radical (unpaired) electrons. The quantitative estimate of drug-likeness (QED) is 0.710. The Morgan fingerprint density at radius 2 is 2.11 bits per heavy atom. The summed E-state index contributed by atoms with van der Waals surface area (Å²) in [6, 6.07) is 13.9. The van der Waals surface area contributed by atoms with Crippen LogP contribution < -0.4 is 0 Å². The van der Waals surface area contributed by atoms with E-state index in [2.05, 4.69) is 27.0 Å². The zero-order chi connectivity index (χ0) is 19.2. The van der Waals surface area contributed by atoms with Crippen molar-refractivity contribution < 1.29 is 9.53 Å². The second-order valence-corrected chi connectivity index (χ2v) is 7.51. The number of ether oxygens (including phenoxy) is 1. The van der Waals surface area contributed by atoms with Gasteiger partial charge in [-0.25, -0.2) is 0 Å².